The fourth-order valence-corrected chi connectivity index (χ4v) is 6.89. The predicted molar refractivity (Wildman–Crippen MR) is 185 cm³/mol. The third-order valence-electron chi connectivity index (χ3n) is 9.53. The summed E-state index contributed by atoms with van der Waals surface area (Å²) in [6.07, 6.45) is 9.13. The molecule has 2 aliphatic rings. The number of fused-ring (bicyclic) bond motifs is 1. The van der Waals surface area contributed by atoms with Gasteiger partial charge in [0.15, 0.2) is 5.82 Å². The van der Waals surface area contributed by atoms with Crippen molar-refractivity contribution in [3.63, 3.8) is 0 Å². The van der Waals surface area contributed by atoms with Gasteiger partial charge in [-0.25, -0.2) is 9.97 Å². The topological polar surface area (TPSA) is 182 Å². The van der Waals surface area contributed by atoms with Crippen LogP contribution in [-0.2, 0) is 4.79 Å². The molecule has 0 saturated carbocycles. The fourth-order valence-electron chi connectivity index (χ4n) is 6.89. The lowest BCUT2D eigenvalue weighted by Crippen LogP contribution is -2.40. The predicted octanol–water partition coefficient (Wildman–Crippen LogP) is 3.29. The van der Waals surface area contributed by atoms with Gasteiger partial charge in [0.1, 0.15) is 12.1 Å². The number of nitrogens with zero attached hydrogens (tertiary/aromatic N) is 7. The Morgan fingerprint density at radius 3 is 2.62 bits per heavy atom. The number of amides is 2. The second-order valence-electron chi connectivity index (χ2n) is 12.6. The molecule has 14 heteroatoms. The van der Waals surface area contributed by atoms with Crippen LogP contribution in [0.2, 0.25) is 0 Å². The van der Waals surface area contributed by atoms with E-state index < -0.39 is 17.6 Å². The average Bonchev–Trinajstić information content (AvgIpc) is 3.91. The highest BCUT2D eigenvalue weighted by Gasteiger charge is 2.33. The highest BCUT2D eigenvalue weighted by Crippen LogP contribution is 2.33. The summed E-state index contributed by atoms with van der Waals surface area (Å²) >= 11 is 0. The van der Waals surface area contributed by atoms with Gasteiger partial charge in [-0.3, -0.25) is 19.3 Å². The van der Waals surface area contributed by atoms with Crippen molar-refractivity contribution >= 4 is 34.1 Å². The second kappa shape index (κ2) is 15.4. The Morgan fingerprint density at radius 1 is 1.14 bits per heavy atom. The molecule has 260 valence electrons. The molecule has 14 nitrogen and oxygen atoms in total. The summed E-state index contributed by atoms with van der Waals surface area (Å²) in [5, 5.41) is 27.4. The molecule has 2 amide bonds. The van der Waals surface area contributed by atoms with Gasteiger partial charge in [0.25, 0.3) is 17.6 Å². The number of likely N-dealkylation sites (tertiary alicyclic amines) is 2. The first-order valence-electron chi connectivity index (χ1n) is 17.0. The molecule has 1 aromatic carbocycles. The normalized spacial score (nSPS) is 17.9. The molecule has 6 rings (SSSR count). The van der Waals surface area contributed by atoms with Crippen molar-refractivity contribution in [3.05, 3.63) is 71.6 Å². The molecule has 0 unspecified atom stereocenters. The smallest absolute Gasteiger partial charge is 0.295 e. The molecule has 2 aliphatic heterocycles. The number of carbonyl (C=O) groups is 3. The first-order chi connectivity index (χ1) is 24.4. The quantitative estimate of drug-likeness (QED) is 0.0870. The van der Waals surface area contributed by atoms with Crippen molar-refractivity contribution in [3.8, 4) is 17.6 Å². The van der Waals surface area contributed by atoms with Gasteiger partial charge in [-0.1, -0.05) is 50.1 Å². The first kappa shape index (κ1) is 34.5. The number of aliphatic hydroxyl groups excluding tert-OH is 1. The summed E-state index contributed by atoms with van der Waals surface area (Å²) in [6, 6.07) is 11.6. The first-order valence-corrected chi connectivity index (χ1v) is 17.0. The van der Waals surface area contributed by atoms with Gasteiger partial charge in [0.2, 0.25) is 5.82 Å². The van der Waals surface area contributed by atoms with E-state index in [9.17, 15) is 24.8 Å². The van der Waals surface area contributed by atoms with Crippen molar-refractivity contribution in [2.75, 3.05) is 39.9 Å². The zero-order chi connectivity index (χ0) is 35.2. The number of ketones is 1. The maximum atomic E-state index is 13.7. The fraction of sp³-hybridized carbons (Fsp3) is 0.417. The Labute approximate surface area is 289 Å². The molecule has 3 aromatic heterocycles. The van der Waals surface area contributed by atoms with E-state index in [0.29, 0.717) is 55.4 Å². The van der Waals surface area contributed by atoms with E-state index in [0.717, 1.165) is 36.9 Å². The summed E-state index contributed by atoms with van der Waals surface area (Å²) in [5.41, 5.74) is 2.91. The van der Waals surface area contributed by atoms with Gasteiger partial charge in [-0.05, 0) is 43.4 Å². The molecule has 3 N–H and O–H groups in total. The number of rotatable bonds is 12. The minimum absolute atomic E-state index is 0.00333. The lowest BCUT2D eigenvalue weighted by molar-refractivity contribution is -0.126. The van der Waals surface area contributed by atoms with E-state index in [-0.39, 0.29) is 41.6 Å². The summed E-state index contributed by atoms with van der Waals surface area (Å²) in [4.78, 5) is 55.8. The van der Waals surface area contributed by atoms with Gasteiger partial charge >= 0.3 is 0 Å². The van der Waals surface area contributed by atoms with E-state index in [1.807, 2.05) is 30.3 Å². The zero-order valence-corrected chi connectivity index (χ0v) is 28.3. The summed E-state index contributed by atoms with van der Waals surface area (Å²) in [7, 11) is 1.45. The molecule has 50 heavy (non-hydrogen) atoms. The van der Waals surface area contributed by atoms with Crippen LogP contribution in [0.3, 0.4) is 0 Å². The van der Waals surface area contributed by atoms with Crippen LogP contribution in [0, 0.1) is 11.3 Å². The third kappa shape index (κ3) is 7.01. The molecule has 0 radical (unpaired) electrons. The number of aliphatic hydroxyl groups is 1. The van der Waals surface area contributed by atoms with Crippen LogP contribution in [0.5, 0.6) is 5.75 Å². The molecule has 2 atom stereocenters. The van der Waals surface area contributed by atoms with Gasteiger partial charge in [0.05, 0.1) is 48.0 Å². The van der Waals surface area contributed by atoms with Crippen molar-refractivity contribution in [1.82, 2.24) is 39.8 Å². The Kier molecular flexibility index (Phi) is 10.6. The molecule has 0 bridgehead atoms. The lowest BCUT2D eigenvalue weighted by Gasteiger charge is -2.28. The third-order valence-corrected chi connectivity index (χ3v) is 9.53. The van der Waals surface area contributed by atoms with Crippen molar-refractivity contribution in [2.45, 2.75) is 57.5 Å². The molecule has 0 spiro atoms. The molecule has 4 aromatic rings. The molecular formula is C36H41N9O5. The molecule has 2 fully saturated rings. The standard InChI is InChI=1S/C36H41N9O5/c1-3-4-8-13-44-20-25(16-26(44)21-46)41-35(48)33-40-22-45(42-33)34-31-30(29(50-2)19-39-34)28(18-38-31)32(47)36(49)43-14-11-24(12-15-43)27(17-37)23-9-6-5-7-10-23/h5-7,9-10,18-19,22,25-26,38,46H,3-4,8,11-16,20-21H2,1-2H3,(H,41,48)/t25-,26-/m0/s1. The van der Waals surface area contributed by atoms with Gasteiger partial charge in [0, 0.05) is 37.9 Å². The maximum absolute atomic E-state index is 13.7. The van der Waals surface area contributed by atoms with Crippen molar-refractivity contribution in [2.24, 2.45) is 0 Å². The number of aromatic amines is 1. The van der Waals surface area contributed by atoms with Gasteiger partial charge < -0.3 is 25.0 Å². The highest BCUT2D eigenvalue weighted by atomic mass is 16.5. The SMILES string of the molecule is CCCCCN1C[C@@H](NC(=O)c2ncn(-c3ncc(OC)c4c(C(=O)C(=O)N5CCC(=C(C#N)c6ccccc6)CC5)c[nH]c34)n2)C[C@H]1CO. The molecule has 2 saturated heterocycles. The number of Topliss-reactive ketones (excluding diaryl/α,β-unsaturated/α-hetero) is 1. The summed E-state index contributed by atoms with van der Waals surface area (Å²) in [5.74, 6) is -1.30. The van der Waals surface area contributed by atoms with Crippen LogP contribution in [0.15, 0.2) is 54.6 Å². The Balaban J connectivity index is 1.16. The minimum atomic E-state index is -0.706. The van der Waals surface area contributed by atoms with Gasteiger partial charge in [-0.15, -0.1) is 5.10 Å². The lowest BCUT2D eigenvalue weighted by atomic mass is 9.93. The number of ether oxygens (including phenoxy) is 1. The van der Waals surface area contributed by atoms with Crippen LogP contribution < -0.4 is 10.1 Å². The number of methoxy groups -OCH3 is 1. The number of benzene rings is 1. The zero-order valence-electron chi connectivity index (χ0n) is 28.3. The number of unbranched alkanes of at least 4 members (excludes halogenated alkanes) is 2. The number of piperidine rings is 1. The van der Waals surface area contributed by atoms with E-state index >= 15 is 0 Å². The summed E-state index contributed by atoms with van der Waals surface area (Å²) < 4.78 is 6.87. The number of nitriles is 1. The number of hydrogen-bond acceptors (Lipinski definition) is 10. The Bertz CT molecular complexity index is 1930. The van der Waals surface area contributed by atoms with E-state index in [4.69, 9.17) is 4.74 Å². The van der Waals surface area contributed by atoms with Crippen LogP contribution in [0.25, 0.3) is 22.3 Å². The second-order valence-corrected chi connectivity index (χ2v) is 12.6. The van der Waals surface area contributed by atoms with Crippen molar-refractivity contribution in [1.29, 1.82) is 5.26 Å². The van der Waals surface area contributed by atoms with Crippen LogP contribution in [0.4, 0.5) is 0 Å². The average molecular weight is 680 g/mol. The Hall–Kier alpha value is -5.39. The monoisotopic (exact) mass is 679 g/mol. The minimum Gasteiger partial charge on any atom is -0.494 e. The number of carbonyl (C=O) groups excluding carboxylic acids is 3. The number of aromatic nitrogens is 5. The van der Waals surface area contributed by atoms with Crippen LogP contribution in [0.1, 0.15) is 72.0 Å². The number of nitrogens with one attached hydrogen (secondary N) is 2. The number of hydrogen-bond donors (Lipinski definition) is 3. The van der Waals surface area contributed by atoms with Gasteiger partial charge in [-0.2, -0.15) is 9.94 Å². The molecule has 0 aliphatic carbocycles. The number of pyridine rings is 1. The number of H-pyrrole nitrogens is 1. The largest absolute Gasteiger partial charge is 0.494 e. The van der Waals surface area contributed by atoms with Crippen LogP contribution in [-0.4, -0.2) is 109 Å². The highest BCUT2D eigenvalue weighted by molar-refractivity contribution is 6.45. The van der Waals surface area contributed by atoms with E-state index in [1.165, 1.54) is 35.4 Å². The van der Waals surface area contributed by atoms with Crippen molar-refractivity contribution < 1.29 is 24.2 Å². The van der Waals surface area contributed by atoms with E-state index in [1.54, 1.807) is 0 Å². The molecule has 5 heterocycles. The molecular weight excluding hydrogens is 638 g/mol. The Morgan fingerprint density at radius 2 is 1.92 bits per heavy atom. The van der Waals surface area contributed by atoms with E-state index in [2.05, 4.69) is 43.3 Å². The van der Waals surface area contributed by atoms with Crippen LogP contribution >= 0.6 is 0 Å². The maximum Gasteiger partial charge on any atom is 0.295 e. The summed E-state index contributed by atoms with van der Waals surface area (Å²) in [6.45, 7) is 4.32. The number of allylic oxidation sites excluding steroid dienone is 1.